The molecule has 18 heavy (non-hydrogen) atoms. The van der Waals surface area contributed by atoms with Gasteiger partial charge in [0.05, 0.1) is 0 Å². The fraction of sp³-hybridized carbons (Fsp3) is 0.933. The van der Waals surface area contributed by atoms with Crippen molar-refractivity contribution in [3.8, 4) is 0 Å². The molecule has 0 spiro atoms. The minimum absolute atomic E-state index is 0.339. The number of hydrogen-bond acceptors (Lipinski definition) is 2. The van der Waals surface area contributed by atoms with Crippen LogP contribution in [0.3, 0.4) is 0 Å². The van der Waals surface area contributed by atoms with Crippen molar-refractivity contribution >= 4 is 5.91 Å². The van der Waals surface area contributed by atoms with Crippen LogP contribution in [0.2, 0.25) is 0 Å². The number of amides is 1. The van der Waals surface area contributed by atoms with E-state index in [0.29, 0.717) is 29.7 Å². The molecule has 1 saturated heterocycles. The normalized spacial score (nSPS) is 37.6. The minimum Gasteiger partial charge on any atom is -0.342 e. The summed E-state index contributed by atoms with van der Waals surface area (Å²) in [5, 5.41) is 0. The summed E-state index contributed by atoms with van der Waals surface area (Å²) in [5.74, 6) is 2.16. The molecule has 0 radical (unpaired) electrons. The molecule has 1 amide bonds. The number of carbonyl (C=O) groups excluding carboxylic acids is 1. The minimum atomic E-state index is 0.339. The van der Waals surface area contributed by atoms with Gasteiger partial charge >= 0.3 is 0 Å². The fourth-order valence-electron chi connectivity index (χ4n) is 4.40. The quantitative estimate of drug-likeness (QED) is 0.775. The Balaban J connectivity index is 1.61. The molecule has 2 N–H and O–H groups in total. The van der Waals surface area contributed by atoms with Gasteiger partial charge in [-0.1, -0.05) is 19.3 Å². The lowest BCUT2D eigenvalue weighted by Gasteiger charge is -2.44. The molecular weight excluding hydrogens is 224 g/mol. The van der Waals surface area contributed by atoms with Crippen molar-refractivity contribution in [2.45, 2.75) is 57.4 Å². The third-order valence-electron chi connectivity index (χ3n) is 5.16. The molecule has 0 aromatic rings. The zero-order valence-electron chi connectivity index (χ0n) is 11.3. The predicted molar refractivity (Wildman–Crippen MR) is 72.0 cm³/mol. The van der Waals surface area contributed by atoms with Gasteiger partial charge in [-0.3, -0.25) is 4.79 Å². The third-order valence-corrected chi connectivity index (χ3v) is 5.16. The molecule has 3 fully saturated rings. The predicted octanol–water partition coefficient (Wildman–Crippen LogP) is 2.15. The van der Waals surface area contributed by atoms with Crippen LogP contribution in [0.25, 0.3) is 0 Å². The van der Waals surface area contributed by atoms with Crippen molar-refractivity contribution in [3.05, 3.63) is 0 Å². The molecule has 2 unspecified atom stereocenters. The van der Waals surface area contributed by atoms with Crippen molar-refractivity contribution in [3.63, 3.8) is 0 Å². The van der Waals surface area contributed by atoms with Crippen molar-refractivity contribution in [2.24, 2.45) is 23.5 Å². The molecule has 3 heteroatoms. The Kier molecular flexibility index (Phi) is 3.60. The first kappa shape index (κ1) is 12.5. The van der Waals surface area contributed by atoms with Crippen LogP contribution in [0, 0.1) is 17.8 Å². The number of nitrogens with zero attached hydrogens (tertiary/aromatic N) is 1. The highest BCUT2D eigenvalue weighted by molar-refractivity contribution is 5.79. The van der Waals surface area contributed by atoms with Crippen LogP contribution < -0.4 is 5.73 Å². The number of piperidine rings is 1. The summed E-state index contributed by atoms with van der Waals surface area (Å²) in [6, 6.07) is 0.390. The molecule has 1 aliphatic heterocycles. The van der Waals surface area contributed by atoms with E-state index < -0.39 is 0 Å². The summed E-state index contributed by atoms with van der Waals surface area (Å²) in [4.78, 5) is 14.7. The summed E-state index contributed by atoms with van der Waals surface area (Å²) in [7, 11) is 0. The average Bonchev–Trinajstić information content (AvgIpc) is 2.37. The summed E-state index contributed by atoms with van der Waals surface area (Å²) in [6.45, 7) is 1.97. The Morgan fingerprint density at radius 2 is 1.56 bits per heavy atom. The highest BCUT2D eigenvalue weighted by Gasteiger charge is 2.37. The lowest BCUT2D eigenvalue weighted by Crippen LogP contribution is -2.51. The van der Waals surface area contributed by atoms with E-state index in [9.17, 15) is 4.79 Å². The van der Waals surface area contributed by atoms with Crippen molar-refractivity contribution < 1.29 is 4.79 Å². The molecule has 2 saturated carbocycles. The van der Waals surface area contributed by atoms with Gasteiger partial charge in [0.2, 0.25) is 5.91 Å². The van der Waals surface area contributed by atoms with Gasteiger partial charge in [-0.2, -0.15) is 0 Å². The van der Waals surface area contributed by atoms with Gasteiger partial charge in [-0.25, -0.2) is 0 Å². The van der Waals surface area contributed by atoms with E-state index in [2.05, 4.69) is 4.90 Å². The van der Waals surface area contributed by atoms with E-state index >= 15 is 0 Å². The summed E-state index contributed by atoms with van der Waals surface area (Å²) >= 11 is 0. The lowest BCUT2D eigenvalue weighted by molar-refractivity contribution is -0.140. The number of rotatable bonds is 1. The first-order valence-electron chi connectivity index (χ1n) is 7.76. The highest BCUT2D eigenvalue weighted by atomic mass is 16.2. The van der Waals surface area contributed by atoms with Crippen LogP contribution in [0.4, 0.5) is 0 Å². The Morgan fingerprint density at radius 1 is 0.944 bits per heavy atom. The van der Waals surface area contributed by atoms with E-state index in [0.717, 1.165) is 38.8 Å². The van der Waals surface area contributed by atoms with E-state index in [1.165, 1.54) is 25.7 Å². The third kappa shape index (κ3) is 2.56. The largest absolute Gasteiger partial charge is 0.342 e. The first-order chi connectivity index (χ1) is 8.72. The molecule has 2 aliphatic carbocycles. The van der Waals surface area contributed by atoms with Gasteiger partial charge in [0.15, 0.2) is 0 Å². The standard InChI is InChI=1S/C15H26N2O/c16-14-7-11-6-12(8-14)10-17(9-11)15(18)13-4-2-1-3-5-13/h11-14H,1-10,16H2. The van der Waals surface area contributed by atoms with E-state index in [4.69, 9.17) is 5.73 Å². The van der Waals surface area contributed by atoms with Crippen LogP contribution in [0.1, 0.15) is 51.4 Å². The average molecular weight is 250 g/mol. The number of fused-ring (bicyclic) bond motifs is 2. The van der Waals surface area contributed by atoms with E-state index in [1.54, 1.807) is 0 Å². The first-order valence-corrected chi connectivity index (χ1v) is 7.76. The molecular formula is C15H26N2O. The molecule has 2 atom stereocenters. The number of likely N-dealkylation sites (tertiary alicyclic amines) is 1. The maximum absolute atomic E-state index is 12.6. The SMILES string of the molecule is NC1CC2CC(C1)CN(C(=O)C1CCCCC1)C2. The van der Waals surface area contributed by atoms with Crippen LogP contribution in [0.15, 0.2) is 0 Å². The van der Waals surface area contributed by atoms with Crippen LogP contribution >= 0.6 is 0 Å². The van der Waals surface area contributed by atoms with Crippen molar-refractivity contribution in [1.82, 2.24) is 4.90 Å². The Labute approximate surface area is 110 Å². The van der Waals surface area contributed by atoms with Crippen LogP contribution in [-0.4, -0.2) is 29.9 Å². The molecule has 3 rings (SSSR count). The molecule has 3 nitrogen and oxygen atoms in total. The molecule has 0 aromatic carbocycles. The number of nitrogens with two attached hydrogens (primary N) is 1. The van der Waals surface area contributed by atoms with Gasteiger partial charge in [-0.05, 0) is 43.9 Å². The smallest absolute Gasteiger partial charge is 0.225 e. The van der Waals surface area contributed by atoms with Crippen molar-refractivity contribution in [1.29, 1.82) is 0 Å². The lowest BCUT2D eigenvalue weighted by atomic mass is 9.75. The van der Waals surface area contributed by atoms with Gasteiger partial charge < -0.3 is 10.6 Å². The van der Waals surface area contributed by atoms with E-state index in [1.807, 2.05) is 0 Å². The van der Waals surface area contributed by atoms with Crippen molar-refractivity contribution in [2.75, 3.05) is 13.1 Å². The maximum Gasteiger partial charge on any atom is 0.225 e. The van der Waals surface area contributed by atoms with E-state index in [-0.39, 0.29) is 0 Å². The second-order valence-electron chi connectivity index (χ2n) is 6.78. The molecule has 3 aliphatic rings. The highest BCUT2D eigenvalue weighted by Crippen LogP contribution is 2.35. The van der Waals surface area contributed by atoms with Gasteiger partial charge in [0.1, 0.15) is 0 Å². The maximum atomic E-state index is 12.6. The second kappa shape index (κ2) is 5.20. The second-order valence-corrected chi connectivity index (χ2v) is 6.78. The van der Waals surface area contributed by atoms with Gasteiger partial charge in [0, 0.05) is 25.0 Å². The Bertz CT molecular complexity index is 294. The molecule has 102 valence electrons. The fourth-order valence-corrected chi connectivity index (χ4v) is 4.40. The van der Waals surface area contributed by atoms with Crippen LogP contribution in [0.5, 0.6) is 0 Å². The molecule has 0 aromatic heterocycles. The summed E-state index contributed by atoms with van der Waals surface area (Å²) < 4.78 is 0. The number of hydrogen-bond donors (Lipinski definition) is 1. The topological polar surface area (TPSA) is 46.3 Å². The van der Waals surface area contributed by atoms with Gasteiger partial charge in [-0.15, -0.1) is 0 Å². The number of carbonyl (C=O) groups is 1. The monoisotopic (exact) mass is 250 g/mol. The summed E-state index contributed by atoms with van der Waals surface area (Å²) in [6.07, 6.45) is 9.65. The molecule has 2 bridgehead atoms. The molecule has 1 heterocycles. The zero-order chi connectivity index (χ0) is 12.5. The van der Waals surface area contributed by atoms with Gasteiger partial charge in [0.25, 0.3) is 0 Å². The summed E-state index contributed by atoms with van der Waals surface area (Å²) in [5.41, 5.74) is 6.09. The Morgan fingerprint density at radius 3 is 2.17 bits per heavy atom. The zero-order valence-corrected chi connectivity index (χ0v) is 11.3. The van der Waals surface area contributed by atoms with Crippen LogP contribution in [-0.2, 0) is 4.79 Å². The Hall–Kier alpha value is -0.570.